The molecule has 4 rings (SSSR count). The molecule has 2 nitrogen and oxygen atoms in total. The maximum Gasteiger partial charge on any atom is 0.150 e. The molecular formula is C20H18BrIO2. The molecule has 0 radical (unpaired) electrons. The van der Waals surface area contributed by atoms with Crippen molar-refractivity contribution in [3.8, 4) is 0 Å². The second kappa shape index (κ2) is 5.92. The third kappa shape index (κ3) is 2.58. The Morgan fingerprint density at radius 1 is 1.17 bits per heavy atom. The van der Waals surface area contributed by atoms with E-state index in [2.05, 4.69) is 62.8 Å². The van der Waals surface area contributed by atoms with Gasteiger partial charge in [-0.15, -0.1) is 0 Å². The molecule has 2 aliphatic carbocycles. The Hall–Kier alpha value is -0.720. The predicted octanol–water partition coefficient (Wildman–Crippen LogP) is 4.59. The molecule has 0 heterocycles. The number of ketones is 1. The van der Waals surface area contributed by atoms with Crippen LogP contribution in [0.15, 0.2) is 53.0 Å². The summed E-state index contributed by atoms with van der Waals surface area (Å²) < 4.78 is 0.0928. The van der Waals surface area contributed by atoms with Crippen LogP contribution in [-0.4, -0.2) is 14.5 Å². The van der Waals surface area contributed by atoms with Crippen LogP contribution in [-0.2, 0) is 23.1 Å². The van der Waals surface area contributed by atoms with Gasteiger partial charge in [0.1, 0.15) is 3.61 Å². The minimum absolute atomic E-state index is 0.212. The molecule has 3 atom stereocenters. The maximum atomic E-state index is 13.4. The molecule has 0 saturated heterocycles. The topological polar surface area (TPSA) is 37.3 Å². The SMILES string of the molecule is O=C1C2Cc3cc(Br)ccc3[C@]1(Cc1ccccc1)CC[C@]2(O)I. The van der Waals surface area contributed by atoms with Crippen molar-refractivity contribution in [2.45, 2.75) is 34.7 Å². The lowest BCUT2D eigenvalue weighted by Gasteiger charge is -2.50. The van der Waals surface area contributed by atoms with Gasteiger partial charge in [-0.3, -0.25) is 4.79 Å². The lowest BCUT2D eigenvalue weighted by atomic mass is 9.56. The molecule has 0 amide bonds. The van der Waals surface area contributed by atoms with E-state index in [9.17, 15) is 9.90 Å². The normalized spacial score (nSPS) is 31.6. The van der Waals surface area contributed by atoms with Gasteiger partial charge >= 0.3 is 0 Å². The van der Waals surface area contributed by atoms with Crippen LogP contribution in [0.2, 0.25) is 0 Å². The minimum atomic E-state index is -0.935. The fourth-order valence-corrected chi connectivity index (χ4v) is 5.55. The lowest BCUT2D eigenvalue weighted by molar-refractivity contribution is -0.139. The van der Waals surface area contributed by atoms with Crippen molar-refractivity contribution in [1.29, 1.82) is 0 Å². The highest BCUT2D eigenvalue weighted by Crippen LogP contribution is 2.53. The van der Waals surface area contributed by atoms with E-state index >= 15 is 0 Å². The number of Topliss-reactive ketones (excluding diaryl/α,β-unsaturated/α-hetero) is 1. The Labute approximate surface area is 163 Å². The second-order valence-corrected chi connectivity index (χ2v) is 9.77. The van der Waals surface area contributed by atoms with Crippen LogP contribution >= 0.6 is 38.5 Å². The Balaban J connectivity index is 1.88. The summed E-state index contributed by atoms with van der Waals surface area (Å²) in [5.41, 5.74) is 3.03. The minimum Gasteiger partial charge on any atom is -0.379 e. The average Bonchev–Trinajstić information content (AvgIpc) is 2.55. The Bertz CT molecular complexity index is 803. The molecule has 1 saturated carbocycles. The Kier molecular flexibility index (Phi) is 4.13. The van der Waals surface area contributed by atoms with Gasteiger partial charge in [0.05, 0.1) is 11.3 Å². The number of alkyl halides is 1. The third-order valence-electron chi connectivity index (χ3n) is 5.58. The Morgan fingerprint density at radius 2 is 1.92 bits per heavy atom. The summed E-state index contributed by atoms with van der Waals surface area (Å²) in [7, 11) is 0. The first-order valence-corrected chi connectivity index (χ1v) is 10.1. The number of fused-ring (bicyclic) bond motifs is 4. The first-order valence-electron chi connectivity index (χ1n) is 8.21. The molecule has 2 aliphatic rings. The summed E-state index contributed by atoms with van der Waals surface area (Å²) in [6, 6.07) is 16.5. The summed E-state index contributed by atoms with van der Waals surface area (Å²) in [6.07, 6.45) is 2.70. The van der Waals surface area contributed by atoms with Gasteiger partial charge in [-0.05, 0) is 77.1 Å². The van der Waals surface area contributed by atoms with E-state index in [-0.39, 0.29) is 11.7 Å². The monoisotopic (exact) mass is 496 g/mol. The Morgan fingerprint density at radius 3 is 2.67 bits per heavy atom. The number of hydrogen-bond donors (Lipinski definition) is 1. The highest BCUT2D eigenvalue weighted by molar-refractivity contribution is 14.1. The molecule has 124 valence electrons. The molecule has 4 heteroatoms. The summed E-state index contributed by atoms with van der Waals surface area (Å²) in [5.74, 6) is -0.110. The van der Waals surface area contributed by atoms with Crippen molar-refractivity contribution in [3.05, 3.63) is 69.7 Å². The molecule has 1 N–H and O–H groups in total. The van der Waals surface area contributed by atoms with Gasteiger partial charge < -0.3 is 5.11 Å². The van der Waals surface area contributed by atoms with Crippen LogP contribution in [0.1, 0.15) is 29.5 Å². The van der Waals surface area contributed by atoms with Gasteiger partial charge in [-0.25, -0.2) is 0 Å². The third-order valence-corrected chi connectivity index (χ3v) is 7.36. The zero-order chi connectivity index (χ0) is 16.9. The lowest BCUT2D eigenvalue weighted by Crippen LogP contribution is -2.57. The summed E-state index contributed by atoms with van der Waals surface area (Å²) in [4.78, 5) is 13.4. The van der Waals surface area contributed by atoms with E-state index in [1.807, 2.05) is 24.3 Å². The van der Waals surface area contributed by atoms with Crippen molar-refractivity contribution in [2.24, 2.45) is 5.92 Å². The molecule has 1 fully saturated rings. The molecular weight excluding hydrogens is 479 g/mol. The van der Waals surface area contributed by atoms with Crippen LogP contribution in [0.3, 0.4) is 0 Å². The summed E-state index contributed by atoms with van der Waals surface area (Å²) in [6.45, 7) is 0. The maximum absolute atomic E-state index is 13.4. The molecule has 0 aliphatic heterocycles. The van der Waals surface area contributed by atoms with Crippen LogP contribution in [0.4, 0.5) is 0 Å². The number of rotatable bonds is 2. The first-order chi connectivity index (χ1) is 11.4. The van der Waals surface area contributed by atoms with Crippen molar-refractivity contribution in [2.75, 3.05) is 0 Å². The number of carbonyl (C=O) groups excluding carboxylic acids is 1. The van der Waals surface area contributed by atoms with Crippen LogP contribution in [0.25, 0.3) is 0 Å². The van der Waals surface area contributed by atoms with Gasteiger partial charge in [-0.1, -0.05) is 52.3 Å². The summed E-state index contributed by atoms with van der Waals surface area (Å²) >= 11 is 5.63. The van der Waals surface area contributed by atoms with Gasteiger partial charge in [-0.2, -0.15) is 0 Å². The van der Waals surface area contributed by atoms with E-state index in [0.717, 1.165) is 10.0 Å². The average molecular weight is 497 g/mol. The zero-order valence-electron chi connectivity index (χ0n) is 13.1. The van der Waals surface area contributed by atoms with E-state index in [1.165, 1.54) is 11.1 Å². The molecule has 0 spiro atoms. The van der Waals surface area contributed by atoms with Crippen LogP contribution in [0, 0.1) is 5.92 Å². The second-order valence-electron chi connectivity index (χ2n) is 6.99. The fraction of sp³-hybridized carbons (Fsp3) is 0.350. The van der Waals surface area contributed by atoms with Crippen molar-refractivity contribution < 1.29 is 9.90 Å². The van der Waals surface area contributed by atoms with Crippen LogP contribution < -0.4 is 0 Å². The number of halogens is 2. The standard InChI is InChI=1S/C20H18BrIO2/c21-15-6-7-16-14(10-15)11-17-18(23)19(16,8-9-20(17,22)24)12-13-4-2-1-3-5-13/h1-7,10,17,24H,8-9,11-12H2/t17?,19-,20-/m1/s1. The highest BCUT2D eigenvalue weighted by atomic mass is 127. The van der Waals surface area contributed by atoms with E-state index in [0.29, 0.717) is 25.7 Å². The number of carbonyl (C=O) groups is 1. The predicted molar refractivity (Wildman–Crippen MR) is 106 cm³/mol. The highest BCUT2D eigenvalue weighted by Gasteiger charge is 2.57. The van der Waals surface area contributed by atoms with Crippen molar-refractivity contribution in [3.63, 3.8) is 0 Å². The number of aliphatic hydroxyl groups is 1. The van der Waals surface area contributed by atoms with Gasteiger partial charge in [0, 0.05) is 4.47 Å². The van der Waals surface area contributed by atoms with Gasteiger partial charge in [0.25, 0.3) is 0 Å². The number of hydrogen-bond acceptors (Lipinski definition) is 2. The van der Waals surface area contributed by atoms with Crippen LogP contribution in [0.5, 0.6) is 0 Å². The quantitative estimate of drug-likeness (QED) is 0.487. The molecule has 2 bridgehead atoms. The number of benzene rings is 2. The van der Waals surface area contributed by atoms with E-state index in [1.54, 1.807) is 0 Å². The van der Waals surface area contributed by atoms with E-state index < -0.39 is 9.02 Å². The largest absolute Gasteiger partial charge is 0.379 e. The van der Waals surface area contributed by atoms with Crippen molar-refractivity contribution >= 4 is 44.3 Å². The molecule has 1 unspecified atom stereocenters. The summed E-state index contributed by atoms with van der Waals surface area (Å²) in [5, 5.41) is 10.8. The zero-order valence-corrected chi connectivity index (χ0v) is 16.9. The van der Waals surface area contributed by atoms with Gasteiger partial charge in [0.2, 0.25) is 0 Å². The first kappa shape index (κ1) is 16.7. The molecule has 24 heavy (non-hydrogen) atoms. The molecule has 0 aromatic heterocycles. The van der Waals surface area contributed by atoms with E-state index in [4.69, 9.17) is 0 Å². The smallest absolute Gasteiger partial charge is 0.150 e. The fourth-order valence-electron chi connectivity index (χ4n) is 4.37. The molecule has 2 aromatic carbocycles. The van der Waals surface area contributed by atoms with Crippen molar-refractivity contribution in [1.82, 2.24) is 0 Å². The molecule has 2 aromatic rings. The van der Waals surface area contributed by atoms with Gasteiger partial charge in [0.15, 0.2) is 5.78 Å².